The number of aromatic nitrogens is 2. The molecule has 3 N–H and O–H groups in total. The number of sulfonamides is 1. The van der Waals surface area contributed by atoms with Gasteiger partial charge in [-0.1, -0.05) is 6.92 Å². The summed E-state index contributed by atoms with van der Waals surface area (Å²) in [6.45, 7) is 1.79. The van der Waals surface area contributed by atoms with Crippen LogP contribution in [-0.2, 0) is 10.0 Å². The molecule has 0 aromatic carbocycles. The van der Waals surface area contributed by atoms with Crippen molar-refractivity contribution in [2.24, 2.45) is 0 Å². The van der Waals surface area contributed by atoms with Crippen molar-refractivity contribution in [2.75, 3.05) is 0 Å². The molecule has 0 amide bonds. The van der Waals surface area contributed by atoms with Crippen LogP contribution < -0.4 is 4.72 Å². The van der Waals surface area contributed by atoms with Crippen molar-refractivity contribution in [3.63, 3.8) is 0 Å². The third-order valence-electron chi connectivity index (χ3n) is 2.71. The van der Waals surface area contributed by atoms with Gasteiger partial charge in [0.1, 0.15) is 10.7 Å². The first kappa shape index (κ1) is 15.7. The fraction of sp³-hybridized carbons (Fsp3) is 0.273. The number of hydrogen-bond acceptors (Lipinski definition) is 5. The van der Waals surface area contributed by atoms with Crippen LogP contribution in [-0.4, -0.2) is 29.5 Å². The number of nitrogens with one attached hydrogen (secondary N) is 2. The fourth-order valence-corrected chi connectivity index (χ4v) is 3.92. The molecule has 0 radical (unpaired) electrons. The smallest absolute Gasteiger partial charge is 0.371 e. The second-order valence-corrected chi connectivity index (χ2v) is 6.51. The summed E-state index contributed by atoms with van der Waals surface area (Å²) in [5, 5.41) is 8.82. The quantitative estimate of drug-likeness (QED) is 0.705. The van der Waals surface area contributed by atoms with Crippen molar-refractivity contribution in [1.29, 1.82) is 0 Å². The molecule has 2 aromatic rings. The maximum Gasteiger partial charge on any atom is 0.371 e. The molecule has 0 fully saturated rings. The van der Waals surface area contributed by atoms with Crippen LogP contribution >= 0.6 is 15.9 Å². The molecular formula is C11H12BrN3O5S. The van der Waals surface area contributed by atoms with Crippen LogP contribution in [0.3, 0.4) is 0 Å². The molecule has 2 rings (SSSR count). The van der Waals surface area contributed by atoms with E-state index in [9.17, 15) is 13.2 Å². The number of carboxylic acids is 1. The largest absolute Gasteiger partial charge is 0.475 e. The summed E-state index contributed by atoms with van der Waals surface area (Å²) < 4.78 is 31.8. The highest BCUT2D eigenvalue weighted by molar-refractivity contribution is 9.10. The average molecular weight is 378 g/mol. The molecule has 0 bridgehead atoms. The lowest BCUT2D eigenvalue weighted by Crippen LogP contribution is -2.29. The molecule has 0 aliphatic rings. The van der Waals surface area contributed by atoms with E-state index < -0.39 is 27.8 Å². The summed E-state index contributed by atoms with van der Waals surface area (Å²) in [6, 6.07) is 0.393. The Labute approximate surface area is 128 Å². The zero-order valence-electron chi connectivity index (χ0n) is 10.8. The van der Waals surface area contributed by atoms with Gasteiger partial charge < -0.3 is 14.5 Å². The molecular weight excluding hydrogens is 366 g/mol. The van der Waals surface area contributed by atoms with E-state index in [4.69, 9.17) is 9.52 Å². The van der Waals surface area contributed by atoms with Crippen molar-refractivity contribution in [3.8, 4) is 0 Å². The highest BCUT2D eigenvalue weighted by Gasteiger charge is 2.28. The van der Waals surface area contributed by atoms with Gasteiger partial charge >= 0.3 is 5.97 Å². The molecule has 0 saturated heterocycles. The topological polar surface area (TPSA) is 125 Å². The Morgan fingerprint density at radius 3 is 2.81 bits per heavy atom. The van der Waals surface area contributed by atoms with Crippen molar-refractivity contribution < 1.29 is 22.7 Å². The number of aromatic amines is 1. The van der Waals surface area contributed by atoms with Crippen LogP contribution in [0.2, 0.25) is 0 Å². The van der Waals surface area contributed by atoms with Gasteiger partial charge in [-0.25, -0.2) is 22.9 Å². The third kappa shape index (κ3) is 3.34. The number of imidazole rings is 1. The Kier molecular flexibility index (Phi) is 4.49. The first-order valence-electron chi connectivity index (χ1n) is 5.89. The van der Waals surface area contributed by atoms with E-state index in [0.29, 0.717) is 12.2 Å². The Bertz CT molecular complexity index is 738. The number of furan rings is 1. The van der Waals surface area contributed by atoms with Gasteiger partial charge in [-0.15, -0.1) is 0 Å². The predicted octanol–water partition coefficient (Wildman–Crippen LogP) is 1.89. The van der Waals surface area contributed by atoms with Gasteiger partial charge in [0, 0.05) is 18.5 Å². The molecule has 0 aliphatic heterocycles. The maximum absolute atomic E-state index is 12.3. The van der Waals surface area contributed by atoms with Gasteiger partial charge in [-0.05, 0) is 22.4 Å². The van der Waals surface area contributed by atoms with Crippen molar-refractivity contribution in [1.82, 2.24) is 14.7 Å². The molecule has 2 heterocycles. The monoisotopic (exact) mass is 377 g/mol. The van der Waals surface area contributed by atoms with Gasteiger partial charge in [0.25, 0.3) is 0 Å². The molecule has 0 spiro atoms. The van der Waals surface area contributed by atoms with Gasteiger partial charge in [0.15, 0.2) is 4.67 Å². The molecule has 8 nitrogen and oxygen atoms in total. The number of carboxylic acid groups (broad SMARTS) is 1. The summed E-state index contributed by atoms with van der Waals surface area (Å²) in [5.41, 5.74) is 0. The SMILES string of the molecule is CCC(NS(=O)(=O)c1cc(C(=O)O)oc1Br)c1ncc[nH]1. The second-order valence-electron chi connectivity index (χ2n) is 4.11. The van der Waals surface area contributed by atoms with Gasteiger partial charge in [-0.3, -0.25) is 0 Å². The molecule has 21 heavy (non-hydrogen) atoms. The highest BCUT2D eigenvalue weighted by atomic mass is 79.9. The Morgan fingerprint density at radius 2 is 2.33 bits per heavy atom. The van der Waals surface area contributed by atoms with Crippen LogP contribution in [0.15, 0.2) is 32.4 Å². The highest BCUT2D eigenvalue weighted by Crippen LogP contribution is 2.27. The minimum Gasteiger partial charge on any atom is -0.475 e. The van der Waals surface area contributed by atoms with Gasteiger partial charge in [-0.2, -0.15) is 0 Å². The first-order valence-corrected chi connectivity index (χ1v) is 8.17. The lowest BCUT2D eigenvalue weighted by atomic mass is 10.2. The van der Waals surface area contributed by atoms with Crippen LogP contribution in [0.4, 0.5) is 0 Å². The van der Waals surface area contributed by atoms with E-state index in [1.54, 1.807) is 13.1 Å². The number of rotatable bonds is 6. The summed E-state index contributed by atoms with van der Waals surface area (Å²) >= 11 is 2.91. The lowest BCUT2D eigenvalue weighted by Gasteiger charge is -2.14. The maximum atomic E-state index is 12.3. The minimum atomic E-state index is -3.95. The lowest BCUT2D eigenvalue weighted by molar-refractivity contribution is 0.0661. The molecule has 2 aromatic heterocycles. The number of aromatic carboxylic acids is 1. The molecule has 1 unspecified atom stereocenters. The molecule has 10 heteroatoms. The van der Waals surface area contributed by atoms with Crippen LogP contribution in [0, 0.1) is 0 Å². The number of H-pyrrole nitrogens is 1. The van der Waals surface area contributed by atoms with E-state index in [-0.39, 0.29) is 9.56 Å². The van der Waals surface area contributed by atoms with Gasteiger partial charge in [0.2, 0.25) is 15.8 Å². The molecule has 1 atom stereocenters. The van der Waals surface area contributed by atoms with Crippen molar-refractivity contribution >= 4 is 31.9 Å². The summed E-state index contributed by atoms with van der Waals surface area (Å²) in [4.78, 5) is 17.4. The second kappa shape index (κ2) is 6.00. The van der Waals surface area contributed by atoms with Crippen LogP contribution in [0.25, 0.3) is 0 Å². The van der Waals surface area contributed by atoms with Crippen molar-refractivity contribution in [2.45, 2.75) is 24.3 Å². The number of carbonyl (C=O) groups is 1. The van der Waals surface area contributed by atoms with E-state index in [2.05, 4.69) is 30.6 Å². The van der Waals surface area contributed by atoms with E-state index in [1.807, 2.05) is 0 Å². The first-order chi connectivity index (χ1) is 9.85. The standard InChI is InChI=1S/C11H12BrN3O5S/c1-2-6(10-13-3-4-14-10)15-21(18,19)8-5-7(11(16)17)20-9(8)12/h3-6,15H,2H2,1H3,(H,13,14)(H,16,17). The van der Waals surface area contributed by atoms with E-state index >= 15 is 0 Å². The number of hydrogen-bond donors (Lipinski definition) is 3. The Morgan fingerprint density at radius 1 is 1.62 bits per heavy atom. The van der Waals surface area contributed by atoms with E-state index in [1.165, 1.54) is 6.20 Å². The number of nitrogens with zero attached hydrogens (tertiary/aromatic N) is 1. The summed E-state index contributed by atoms with van der Waals surface area (Å²) in [5.74, 6) is -1.34. The normalized spacial score (nSPS) is 13.2. The van der Waals surface area contributed by atoms with E-state index in [0.717, 1.165) is 6.07 Å². The summed E-state index contributed by atoms with van der Waals surface area (Å²) in [6.07, 6.45) is 3.57. The van der Waals surface area contributed by atoms with Gasteiger partial charge in [0.05, 0.1) is 6.04 Å². The van der Waals surface area contributed by atoms with Crippen LogP contribution in [0.5, 0.6) is 0 Å². The van der Waals surface area contributed by atoms with Crippen LogP contribution in [0.1, 0.15) is 35.8 Å². The Balaban J connectivity index is 2.32. The zero-order chi connectivity index (χ0) is 15.6. The fourth-order valence-electron chi connectivity index (χ4n) is 1.69. The molecule has 114 valence electrons. The average Bonchev–Trinajstić information content (AvgIpc) is 3.05. The molecule has 0 aliphatic carbocycles. The zero-order valence-corrected chi connectivity index (χ0v) is 13.2. The Hall–Kier alpha value is -1.65. The predicted molar refractivity (Wildman–Crippen MR) is 75.3 cm³/mol. The third-order valence-corrected chi connectivity index (χ3v) is 5.04. The number of halogens is 1. The van der Waals surface area contributed by atoms with Crippen molar-refractivity contribution in [3.05, 3.63) is 34.7 Å². The summed E-state index contributed by atoms with van der Waals surface area (Å²) in [7, 11) is -3.95. The molecule has 0 saturated carbocycles. The minimum absolute atomic E-state index is 0.165.